The summed E-state index contributed by atoms with van der Waals surface area (Å²) in [4.78, 5) is 10.5. The normalized spacial score (nSPS) is 12.5. The van der Waals surface area contributed by atoms with Crippen molar-refractivity contribution in [1.29, 1.82) is 0 Å². The molecule has 0 saturated heterocycles. The third-order valence-corrected chi connectivity index (χ3v) is 2.04. The number of carbonyl (C=O) groups is 1. The number of carboxylic acid groups (broad SMARTS) is 1. The van der Waals surface area contributed by atoms with Crippen molar-refractivity contribution < 1.29 is 23.8 Å². The van der Waals surface area contributed by atoms with Crippen LogP contribution in [0.5, 0.6) is 5.75 Å². The average Bonchev–Trinajstić information content (AvgIpc) is 2.19. The number of halogens is 3. The van der Waals surface area contributed by atoms with Gasteiger partial charge < -0.3 is 15.9 Å². The number of nitrogens with two attached hydrogens (primary N) is 1. The molecule has 0 amide bonds. The van der Waals surface area contributed by atoms with Gasteiger partial charge in [-0.3, -0.25) is 4.79 Å². The lowest BCUT2D eigenvalue weighted by Gasteiger charge is -2.10. The standard InChI is InChI=1S/C8H6ClF2NO3/c9-3-1-2(6(12)8(14)15)7(13)5(11)4(3)10/h1,6,13H,12H2,(H,14,15). The molecular weight excluding hydrogens is 232 g/mol. The number of rotatable bonds is 2. The summed E-state index contributed by atoms with van der Waals surface area (Å²) in [6.45, 7) is 0. The van der Waals surface area contributed by atoms with Gasteiger partial charge in [0.1, 0.15) is 6.04 Å². The Morgan fingerprint density at radius 3 is 2.47 bits per heavy atom. The molecular formula is C8H6ClF2NO3. The highest BCUT2D eigenvalue weighted by molar-refractivity contribution is 6.30. The van der Waals surface area contributed by atoms with Crippen molar-refractivity contribution in [2.75, 3.05) is 0 Å². The molecule has 0 fully saturated rings. The van der Waals surface area contributed by atoms with Gasteiger partial charge in [0.15, 0.2) is 11.6 Å². The van der Waals surface area contributed by atoms with Gasteiger partial charge in [-0.1, -0.05) is 11.6 Å². The summed E-state index contributed by atoms with van der Waals surface area (Å²) in [5, 5.41) is 17.0. The van der Waals surface area contributed by atoms with E-state index in [1.165, 1.54) is 0 Å². The van der Waals surface area contributed by atoms with Gasteiger partial charge in [-0.25, -0.2) is 4.39 Å². The number of phenolic OH excluding ortho intramolecular Hbond substituents is 1. The van der Waals surface area contributed by atoms with E-state index in [-0.39, 0.29) is 0 Å². The van der Waals surface area contributed by atoms with E-state index in [1.54, 1.807) is 0 Å². The fourth-order valence-corrected chi connectivity index (χ4v) is 1.17. The van der Waals surface area contributed by atoms with Crippen LogP contribution >= 0.6 is 11.6 Å². The maximum absolute atomic E-state index is 12.9. The van der Waals surface area contributed by atoms with E-state index in [0.717, 1.165) is 6.07 Å². The lowest BCUT2D eigenvalue weighted by atomic mass is 10.1. The predicted molar refractivity (Wildman–Crippen MR) is 47.6 cm³/mol. The van der Waals surface area contributed by atoms with E-state index in [0.29, 0.717) is 0 Å². The van der Waals surface area contributed by atoms with Gasteiger partial charge in [0.2, 0.25) is 5.82 Å². The highest BCUT2D eigenvalue weighted by Crippen LogP contribution is 2.32. The van der Waals surface area contributed by atoms with E-state index in [9.17, 15) is 13.6 Å². The van der Waals surface area contributed by atoms with Crippen LogP contribution in [0.4, 0.5) is 8.78 Å². The Morgan fingerprint density at radius 2 is 2.00 bits per heavy atom. The monoisotopic (exact) mass is 237 g/mol. The van der Waals surface area contributed by atoms with Crippen molar-refractivity contribution in [1.82, 2.24) is 0 Å². The highest BCUT2D eigenvalue weighted by atomic mass is 35.5. The van der Waals surface area contributed by atoms with E-state index in [1.807, 2.05) is 0 Å². The van der Waals surface area contributed by atoms with Crippen LogP contribution in [0.3, 0.4) is 0 Å². The molecule has 4 nitrogen and oxygen atoms in total. The van der Waals surface area contributed by atoms with Crippen molar-refractivity contribution in [3.63, 3.8) is 0 Å². The van der Waals surface area contributed by atoms with Crippen LogP contribution in [0, 0.1) is 11.6 Å². The quantitative estimate of drug-likeness (QED) is 0.679. The molecule has 0 heterocycles. The number of phenols is 1. The molecule has 0 saturated carbocycles. The molecule has 0 aliphatic carbocycles. The summed E-state index contributed by atoms with van der Waals surface area (Å²) in [7, 11) is 0. The molecule has 0 aliphatic heterocycles. The topological polar surface area (TPSA) is 83.6 Å². The van der Waals surface area contributed by atoms with E-state index in [2.05, 4.69) is 0 Å². The van der Waals surface area contributed by atoms with Crippen LogP contribution in [-0.4, -0.2) is 16.2 Å². The smallest absolute Gasteiger partial charge is 0.325 e. The van der Waals surface area contributed by atoms with Crippen LogP contribution in [0.2, 0.25) is 5.02 Å². The zero-order valence-electron chi connectivity index (χ0n) is 7.17. The van der Waals surface area contributed by atoms with E-state index >= 15 is 0 Å². The first kappa shape index (κ1) is 11.7. The molecule has 1 aromatic carbocycles. The summed E-state index contributed by atoms with van der Waals surface area (Å²) in [6, 6.07) is -0.897. The van der Waals surface area contributed by atoms with Gasteiger partial charge in [-0.05, 0) is 6.07 Å². The molecule has 7 heteroatoms. The minimum absolute atomic E-state index is 0.480. The van der Waals surface area contributed by atoms with Crippen LogP contribution in [0.1, 0.15) is 11.6 Å². The molecule has 1 atom stereocenters. The van der Waals surface area contributed by atoms with Crippen molar-refractivity contribution in [3.05, 3.63) is 28.3 Å². The first-order valence-corrected chi connectivity index (χ1v) is 4.08. The number of hydrogen-bond donors (Lipinski definition) is 3. The Labute approximate surface area is 87.9 Å². The highest BCUT2D eigenvalue weighted by Gasteiger charge is 2.24. The number of benzene rings is 1. The van der Waals surface area contributed by atoms with Crippen LogP contribution < -0.4 is 5.73 Å². The van der Waals surface area contributed by atoms with Crippen LogP contribution in [-0.2, 0) is 4.79 Å². The Kier molecular flexibility index (Phi) is 3.11. The van der Waals surface area contributed by atoms with Gasteiger partial charge in [0, 0.05) is 5.56 Å². The second-order valence-electron chi connectivity index (χ2n) is 2.74. The first-order valence-electron chi connectivity index (χ1n) is 3.71. The Balaban J connectivity index is 3.38. The second kappa shape index (κ2) is 4.00. The summed E-state index contributed by atoms with van der Waals surface area (Å²) in [5.74, 6) is -5.70. The van der Waals surface area contributed by atoms with Gasteiger partial charge in [-0.15, -0.1) is 0 Å². The van der Waals surface area contributed by atoms with Gasteiger partial charge >= 0.3 is 5.97 Å². The summed E-state index contributed by atoms with van der Waals surface area (Å²) in [6.07, 6.45) is 0. The van der Waals surface area contributed by atoms with Crippen molar-refractivity contribution in [3.8, 4) is 5.75 Å². The molecule has 0 bridgehead atoms. The third-order valence-electron chi connectivity index (χ3n) is 1.77. The second-order valence-corrected chi connectivity index (χ2v) is 3.15. The summed E-state index contributed by atoms with van der Waals surface area (Å²) >= 11 is 5.27. The van der Waals surface area contributed by atoms with Crippen molar-refractivity contribution in [2.24, 2.45) is 5.73 Å². The fraction of sp³-hybridized carbons (Fsp3) is 0.125. The molecule has 82 valence electrons. The van der Waals surface area contributed by atoms with E-state index in [4.69, 9.17) is 27.5 Å². The molecule has 0 radical (unpaired) electrons. The number of hydrogen-bond acceptors (Lipinski definition) is 3. The molecule has 1 rings (SSSR count). The molecule has 1 aromatic rings. The maximum atomic E-state index is 12.9. The first-order chi connectivity index (χ1) is 6.86. The minimum atomic E-state index is -1.67. The molecule has 1 unspecified atom stereocenters. The average molecular weight is 238 g/mol. The van der Waals surface area contributed by atoms with Crippen molar-refractivity contribution in [2.45, 2.75) is 6.04 Å². The molecule has 0 aliphatic rings. The Hall–Kier alpha value is -1.40. The minimum Gasteiger partial charge on any atom is -0.504 e. The molecule has 0 aromatic heterocycles. The zero-order valence-corrected chi connectivity index (χ0v) is 7.92. The number of carboxylic acids is 1. The molecule has 0 spiro atoms. The Bertz CT molecular complexity index is 425. The zero-order chi connectivity index (χ0) is 11.7. The lowest BCUT2D eigenvalue weighted by Crippen LogP contribution is -2.21. The fourth-order valence-electron chi connectivity index (χ4n) is 0.974. The SMILES string of the molecule is NC(C(=O)O)c1cc(Cl)c(F)c(F)c1O. The van der Waals surface area contributed by atoms with Crippen LogP contribution in [0.25, 0.3) is 0 Å². The number of aromatic hydroxyl groups is 1. The van der Waals surface area contributed by atoms with Crippen LogP contribution in [0.15, 0.2) is 6.07 Å². The van der Waals surface area contributed by atoms with Crippen molar-refractivity contribution >= 4 is 17.6 Å². The lowest BCUT2D eigenvalue weighted by molar-refractivity contribution is -0.138. The molecule has 4 N–H and O–H groups in total. The van der Waals surface area contributed by atoms with Gasteiger partial charge in [0.05, 0.1) is 5.02 Å². The predicted octanol–water partition coefficient (Wildman–Crippen LogP) is 1.41. The maximum Gasteiger partial charge on any atom is 0.325 e. The van der Waals surface area contributed by atoms with E-state index < -0.39 is 40.0 Å². The summed E-state index contributed by atoms with van der Waals surface area (Å²) in [5.41, 5.74) is 4.64. The van der Waals surface area contributed by atoms with Gasteiger partial charge in [0.25, 0.3) is 0 Å². The van der Waals surface area contributed by atoms with Gasteiger partial charge in [-0.2, -0.15) is 4.39 Å². The summed E-state index contributed by atoms with van der Waals surface area (Å²) < 4.78 is 25.7. The largest absolute Gasteiger partial charge is 0.504 e. The molecule has 15 heavy (non-hydrogen) atoms. The third kappa shape index (κ3) is 2.00. The number of aliphatic carboxylic acids is 1. The Morgan fingerprint density at radius 1 is 1.47 bits per heavy atom.